The molecule has 134 valence electrons. The van der Waals surface area contributed by atoms with Gasteiger partial charge in [-0.05, 0) is 69.5 Å². The van der Waals surface area contributed by atoms with Crippen molar-refractivity contribution in [1.29, 1.82) is 0 Å². The van der Waals surface area contributed by atoms with Gasteiger partial charge < -0.3 is 20.0 Å². The molecule has 2 aromatic rings. The Morgan fingerprint density at radius 1 is 0.760 bits per heavy atom. The van der Waals surface area contributed by atoms with Crippen LogP contribution in [0.5, 0.6) is 11.5 Å². The van der Waals surface area contributed by atoms with Crippen molar-refractivity contribution in [3.8, 4) is 11.5 Å². The Hall–Kier alpha value is -2.36. The summed E-state index contributed by atoms with van der Waals surface area (Å²) in [5.74, 6) is 0.677. The molecular formula is C21H28N2O2. The van der Waals surface area contributed by atoms with Gasteiger partial charge in [0.1, 0.15) is 11.5 Å². The zero-order valence-electron chi connectivity index (χ0n) is 15.5. The molecule has 1 heterocycles. The Bertz CT molecular complexity index is 696. The van der Waals surface area contributed by atoms with Crippen molar-refractivity contribution in [2.24, 2.45) is 0 Å². The van der Waals surface area contributed by atoms with Gasteiger partial charge in [0.05, 0.1) is 11.4 Å². The van der Waals surface area contributed by atoms with Crippen LogP contribution in [-0.2, 0) is 0 Å². The summed E-state index contributed by atoms with van der Waals surface area (Å²) in [6.07, 6.45) is 0.968. The minimum absolute atomic E-state index is 0.205. The van der Waals surface area contributed by atoms with Gasteiger partial charge in [0.2, 0.25) is 0 Å². The van der Waals surface area contributed by atoms with Crippen molar-refractivity contribution in [2.75, 3.05) is 22.9 Å². The van der Waals surface area contributed by atoms with E-state index < -0.39 is 0 Å². The lowest BCUT2D eigenvalue weighted by Gasteiger charge is -2.38. The zero-order chi connectivity index (χ0) is 18.1. The Morgan fingerprint density at radius 3 is 1.52 bits per heavy atom. The molecule has 2 N–H and O–H groups in total. The van der Waals surface area contributed by atoms with Crippen molar-refractivity contribution in [3.05, 3.63) is 47.5 Å². The number of aryl methyl sites for hydroxylation is 2. The molecule has 4 nitrogen and oxygen atoms in total. The van der Waals surface area contributed by atoms with Crippen LogP contribution in [0.25, 0.3) is 0 Å². The molecule has 1 fully saturated rings. The average Bonchev–Trinajstić information content (AvgIpc) is 2.69. The lowest BCUT2D eigenvalue weighted by molar-refractivity contribution is 0.461. The summed E-state index contributed by atoms with van der Waals surface area (Å²) in [6, 6.07) is 12.2. The van der Waals surface area contributed by atoms with E-state index in [0.717, 1.165) is 42.0 Å². The van der Waals surface area contributed by atoms with Gasteiger partial charge >= 0.3 is 0 Å². The quantitative estimate of drug-likeness (QED) is 0.860. The van der Waals surface area contributed by atoms with Crippen LogP contribution in [-0.4, -0.2) is 35.4 Å². The summed E-state index contributed by atoms with van der Waals surface area (Å²) < 4.78 is 0. The maximum Gasteiger partial charge on any atom is 0.139 e. The fourth-order valence-corrected chi connectivity index (χ4v) is 3.77. The van der Waals surface area contributed by atoms with Crippen molar-refractivity contribution in [2.45, 2.75) is 46.2 Å². The second kappa shape index (κ2) is 6.87. The van der Waals surface area contributed by atoms with Gasteiger partial charge in [-0.1, -0.05) is 12.1 Å². The molecule has 0 radical (unpaired) electrons. The van der Waals surface area contributed by atoms with Crippen LogP contribution in [0.1, 0.15) is 31.4 Å². The monoisotopic (exact) mass is 340 g/mol. The number of aromatic hydroxyl groups is 2. The summed E-state index contributed by atoms with van der Waals surface area (Å²) in [7, 11) is 0. The van der Waals surface area contributed by atoms with Crippen LogP contribution in [0, 0.1) is 13.8 Å². The largest absolute Gasteiger partial charge is 0.506 e. The maximum absolute atomic E-state index is 10.4. The first-order valence-corrected chi connectivity index (χ1v) is 9.01. The highest BCUT2D eigenvalue weighted by atomic mass is 16.3. The number of phenolic OH excluding ortho intramolecular Hbond substituents is 2. The molecule has 4 heteroatoms. The van der Waals surface area contributed by atoms with Crippen LogP contribution >= 0.6 is 0 Å². The number of phenols is 2. The lowest BCUT2D eigenvalue weighted by Crippen LogP contribution is -2.46. The van der Waals surface area contributed by atoms with Crippen molar-refractivity contribution < 1.29 is 10.2 Å². The standard InChI is InChI=1S/C21H28N2O2/c1-14-6-8-18(20(24)12-14)22-10-5-11-23(17(4)16(22)3)19-9-7-15(2)13-21(19)25/h6-9,12-13,16-17,24-25H,5,10-11H2,1-4H3/t16-,17-/m0/s1. The van der Waals surface area contributed by atoms with E-state index in [-0.39, 0.29) is 12.1 Å². The van der Waals surface area contributed by atoms with E-state index in [1.807, 2.05) is 50.2 Å². The number of anilines is 2. The summed E-state index contributed by atoms with van der Waals surface area (Å²) in [6.45, 7) is 10.1. The number of nitrogens with zero attached hydrogens (tertiary/aromatic N) is 2. The molecule has 1 aliphatic rings. The Morgan fingerprint density at radius 2 is 1.16 bits per heavy atom. The summed E-state index contributed by atoms with van der Waals surface area (Å²) in [4.78, 5) is 4.56. The normalized spacial score (nSPS) is 21.3. The lowest BCUT2D eigenvalue weighted by atomic mass is 10.1. The molecule has 0 amide bonds. The molecule has 0 saturated carbocycles. The number of hydrogen-bond donors (Lipinski definition) is 2. The minimum Gasteiger partial charge on any atom is -0.506 e. The van der Waals surface area contributed by atoms with E-state index in [4.69, 9.17) is 0 Å². The zero-order valence-corrected chi connectivity index (χ0v) is 15.5. The summed E-state index contributed by atoms with van der Waals surface area (Å²) in [5, 5.41) is 20.8. The van der Waals surface area contributed by atoms with Crippen molar-refractivity contribution in [3.63, 3.8) is 0 Å². The van der Waals surface area contributed by atoms with Gasteiger partial charge in [0.15, 0.2) is 0 Å². The first kappa shape index (κ1) is 17.5. The molecule has 0 unspecified atom stereocenters. The third-order valence-electron chi connectivity index (χ3n) is 5.36. The second-order valence-corrected chi connectivity index (χ2v) is 7.21. The molecule has 2 atom stereocenters. The SMILES string of the molecule is Cc1ccc(N2CCCN(c3ccc(C)cc3O)[C@@H](C)[C@@H]2C)c(O)c1. The van der Waals surface area contributed by atoms with Gasteiger partial charge in [-0.2, -0.15) is 0 Å². The van der Waals surface area contributed by atoms with Gasteiger partial charge in [-0.15, -0.1) is 0 Å². The molecule has 25 heavy (non-hydrogen) atoms. The van der Waals surface area contributed by atoms with Gasteiger partial charge in [0, 0.05) is 25.2 Å². The topological polar surface area (TPSA) is 46.9 Å². The maximum atomic E-state index is 10.4. The number of hydrogen-bond acceptors (Lipinski definition) is 4. The van der Waals surface area contributed by atoms with Crippen molar-refractivity contribution in [1.82, 2.24) is 0 Å². The van der Waals surface area contributed by atoms with E-state index >= 15 is 0 Å². The summed E-state index contributed by atoms with van der Waals surface area (Å²) in [5.41, 5.74) is 3.89. The van der Waals surface area contributed by atoms with E-state index in [0.29, 0.717) is 11.5 Å². The predicted molar refractivity (Wildman–Crippen MR) is 104 cm³/mol. The van der Waals surface area contributed by atoms with Gasteiger partial charge in [-0.25, -0.2) is 0 Å². The minimum atomic E-state index is 0.205. The predicted octanol–water partition coefficient (Wildman–Crippen LogP) is 4.21. The Balaban J connectivity index is 1.91. The average molecular weight is 340 g/mol. The van der Waals surface area contributed by atoms with E-state index in [2.05, 4.69) is 23.6 Å². The van der Waals surface area contributed by atoms with E-state index in [1.165, 1.54) is 0 Å². The molecule has 1 saturated heterocycles. The molecule has 0 bridgehead atoms. The highest BCUT2D eigenvalue weighted by Gasteiger charge is 2.31. The molecule has 0 aliphatic carbocycles. The van der Waals surface area contributed by atoms with Gasteiger partial charge in [-0.3, -0.25) is 0 Å². The van der Waals surface area contributed by atoms with Crippen LogP contribution in [0.3, 0.4) is 0 Å². The smallest absolute Gasteiger partial charge is 0.139 e. The molecule has 1 aliphatic heterocycles. The fourth-order valence-electron chi connectivity index (χ4n) is 3.77. The molecule has 0 aromatic heterocycles. The van der Waals surface area contributed by atoms with Crippen LogP contribution in [0.4, 0.5) is 11.4 Å². The molecule has 2 aromatic carbocycles. The van der Waals surface area contributed by atoms with Crippen molar-refractivity contribution >= 4 is 11.4 Å². The molecule has 3 rings (SSSR count). The summed E-state index contributed by atoms with van der Waals surface area (Å²) >= 11 is 0. The first-order chi connectivity index (χ1) is 11.9. The van der Waals surface area contributed by atoms with Gasteiger partial charge in [0.25, 0.3) is 0 Å². The highest BCUT2D eigenvalue weighted by Crippen LogP contribution is 2.36. The van der Waals surface area contributed by atoms with Crippen LogP contribution in [0.15, 0.2) is 36.4 Å². The third-order valence-corrected chi connectivity index (χ3v) is 5.36. The van der Waals surface area contributed by atoms with E-state index in [1.54, 1.807) is 0 Å². The molecular weight excluding hydrogens is 312 g/mol. The Kier molecular flexibility index (Phi) is 4.80. The Labute approximate surface area is 150 Å². The first-order valence-electron chi connectivity index (χ1n) is 9.01. The second-order valence-electron chi connectivity index (χ2n) is 7.21. The van der Waals surface area contributed by atoms with Crippen LogP contribution < -0.4 is 9.80 Å². The number of rotatable bonds is 2. The third kappa shape index (κ3) is 3.39. The van der Waals surface area contributed by atoms with E-state index in [9.17, 15) is 10.2 Å². The van der Waals surface area contributed by atoms with Crippen LogP contribution in [0.2, 0.25) is 0 Å². The highest BCUT2D eigenvalue weighted by molar-refractivity contribution is 5.63. The number of benzene rings is 2. The fraction of sp³-hybridized carbons (Fsp3) is 0.429. The molecule has 0 spiro atoms.